The summed E-state index contributed by atoms with van der Waals surface area (Å²) in [6.45, 7) is 4.69. The number of benzene rings is 1. The Hall–Kier alpha value is -2.36. The van der Waals surface area contributed by atoms with Crippen LogP contribution in [0.1, 0.15) is 45.6 Å². The zero-order valence-electron chi connectivity index (χ0n) is 15.5. The van der Waals surface area contributed by atoms with Crippen LogP contribution in [0.5, 0.6) is 5.75 Å². The summed E-state index contributed by atoms with van der Waals surface area (Å²) in [6, 6.07) is 2.87. The number of amides is 1. The summed E-state index contributed by atoms with van der Waals surface area (Å²) in [5, 5.41) is 12.3. The van der Waals surface area contributed by atoms with Gasteiger partial charge in [-0.15, -0.1) is 13.2 Å². The molecule has 0 bridgehead atoms. The summed E-state index contributed by atoms with van der Waals surface area (Å²) in [6.07, 6.45) is -7.58. The number of carbonyl (C=O) groups excluding carboxylic acids is 2. The first-order valence-corrected chi connectivity index (χ1v) is 8.53. The standard InChI is InChI=1S/C18H21F4NO5/c1-16(2,3)28-15(26)23-17(9-5-7-11(24)14(17)25)10-6-4-8-12(13(10)19)27-18(20,21)22/h4,6,8,11,24H,5,7,9H2,1-3H3,(H,23,26)/t11-,17-/m0/s1. The minimum Gasteiger partial charge on any atom is -0.444 e. The number of carbonyl (C=O) groups is 2. The lowest BCUT2D eigenvalue weighted by Gasteiger charge is -2.39. The molecule has 0 spiro atoms. The van der Waals surface area contributed by atoms with Gasteiger partial charge in [-0.05, 0) is 46.1 Å². The van der Waals surface area contributed by atoms with E-state index in [1.807, 2.05) is 0 Å². The van der Waals surface area contributed by atoms with Crippen LogP contribution in [0.4, 0.5) is 22.4 Å². The van der Waals surface area contributed by atoms with Crippen LogP contribution in [0.25, 0.3) is 0 Å². The number of rotatable bonds is 3. The normalized spacial score (nSPS) is 23.3. The number of alkyl halides is 3. The van der Waals surface area contributed by atoms with Gasteiger partial charge in [0.25, 0.3) is 0 Å². The van der Waals surface area contributed by atoms with Gasteiger partial charge in [0.05, 0.1) is 0 Å². The Bertz CT molecular complexity index is 759. The summed E-state index contributed by atoms with van der Waals surface area (Å²) in [5.41, 5.74) is -3.57. The summed E-state index contributed by atoms with van der Waals surface area (Å²) < 4.78 is 61.3. The minimum absolute atomic E-state index is 0.0803. The van der Waals surface area contributed by atoms with E-state index >= 15 is 0 Å². The molecule has 1 aliphatic carbocycles. The van der Waals surface area contributed by atoms with E-state index in [2.05, 4.69) is 10.1 Å². The first kappa shape index (κ1) is 21.9. The molecule has 1 aromatic rings. The van der Waals surface area contributed by atoms with Gasteiger partial charge in [0.15, 0.2) is 17.3 Å². The van der Waals surface area contributed by atoms with Crippen molar-refractivity contribution in [1.82, 2.24) is 5.32 Å². The Labute approximate surface area is 158 Å². The molecule has 0 aliphatic heterocycles. The van der Waals surface area contributed by atoms with Crippen molar-refractivity contribution in [2.45, 2.75) is 63.6 Å². The number of halogens is 4. The molecule has 2 N–H and O–H groups in total. The van der Waals surface area contributed by atoms with Crippen LogP contribution in [0.3, 0.4) is 0 Å². The smallest absolute Gasteiger partial charge is 0.444 e. The van der Waals surface area contributed by atoms with Gasteiger partial charge < -0.3 is 19.9 Å². The molecule has 0 radical (unpaired) electrons. The molecule has 2 rings (SSSR count). The Morgan fingerprint density at radius 1 is 1.29 bits per heavy atom. The number of hydrogen-bond donors (Lipinski definition) is 2. The highest BCUT2D eigenvalue weighted by atomic mass is 19.4. The Balaban J connectivity index is 2.53. The number of ether oxygens (including phenoxy) is 2. The first-order chi connectivity index (χ1) is 12.8. The molecule has 0 heterocycles. The average molecular weight is 407 g/mol. The molecule has 6 nitrogen and oxygen atoms in total. The number of hydrogen-bond acceptors (Lipinski definition) is 5. The van der Waals surface area contributed by atoms with Crippen LogP contribution in [0.2, 0.25) is 0 Å². The van der Waals surface area contributed by atoms with E-state index in [9.17, 15) is 32.3 Å². The van der Waals surface area contributed by atoms with E-state index in [1.54, 1.807) is 20.8 Å². The van der Waals surface area contributed by atoms with E-state index in [-0.39, 0.29) is 19.3 Å². The Morgan fingerprint density at radius 3 is 2.50 bits per heavy atom. The number of ketones is 1. The van der Waals surface area contributed by atoms with Crippen molar-refractivity contribution in [3.63, 3.8) is 0 Å². The van der Waals surface area contributed by atoms with E-state index in [4.69, 9.17) is 4.74 Å². The summed E-state index contributed by atoms with van der Waals surface area (Å²) in [7, 11) is 0. The number of alkyl carbamates (subject to hydrolysis) is 1. The fraction of sp³-hybridized carbons (Fsp3) is 0.556. The highest BCUT2D eigenvalue weighted by Crippen LogP contribution is 2.39. The second-order valence-electron chi connectivity index (χ2n) is 7.47. The molecule has 0 aromatic heterocycles. The van der Waals surface area contributed by atoms with Gasteiger partial charge in [-0.1, -0.05) is 12.1 Å². The number of Topliss-reactive ketones (excluding diaryl/α,β-unsaturated/α-hetero) is 1. The highest BCUT2D eigenvalue weighted by Gasteiger charge is 2.49. The van der Waals surface area contributed by atoms with Crippen LogP contribution >= 0.6 is 0 Å². The summed E-state index contributed by atoms with van der Waals surface area (Å²) >= 11 is 0. The lowest BCUT2D eigenvalue weighted by Crippen LogP contribution is -2.58. The quantitative estimate of drug-likeness (QED) is 0.749. The van der Waals surface area contributed by atoms with Gasteiger partial charge in [0, 0.05) is 5.56 Å². The Kier molecular flexibility index (Phi) is 5.93. The van der Waals surface area contributed by atoms with E-state index in [0.29, 0.717) is 0 Å². The molecule has 0 saturated heterocycles. The third kappa shape index (κ3) is 4.92. The van der Waals surface area contributed by atoms with E-state index in [1.165, 1.54) is 0 Å². The Morgan fingerprint density at radius 2 is 1.93 bits per heavy atom. The fourth-order valence-corrected chi connectivity index (χ4v) is 3.08. The van der Waals surface area contributed by atoms with Crippen LogP contribution in [0.15, 0.2) is 18.2 Å². The van der Waals surface area contributed by atoms with Crippen molar-refractivity contribution in [2.75, 3.05) is 0 Å². The molecular weight excluding hydrogens is 386 g/mol. The van der Waals surface area contributed by atoms with Crippen molar-refractivity contribution < 1.29 is 41.7 Å². The average Bonchev–Trinajstić information content (AvgIpc) is 2.51. The molecule has 28 heavy (non-hydrogen) atoms. The molecule has 1 aromatic carbocycles. The minimum atomic E-state index is -5.15. The van der Waals surface area contributed by atoms with Crippen molar-refractivity contribution in [2.24, 2.45) is 0 Å². The molecule has 1 aliphatic rings. The van der Waals surface area contributed by atoms with E-state index in [0.717, 1.165) is 18.2 Å². The second-order valence-corrected chi connectivity index (χ2v) is 7.47. The van der Waals surface area contributed by atoms with E-state index < -0.39 is 52.6 Å². The lowest BCUT2D eigenvalue weighted by molar-refractivity contribution is -0.275. The molecule has 2 atom stereocenters. The maximum Gasteiger partial charge on any atom is 0.573 e. The monoisotopic (exact) mass is 407 g/mol. The zero-order chi connectivity index (χ0) is 21.3. The second kappa shape index (κ2) is 7.57. The molecule has 10 heteroatoms. The highest BCUT2D eigenvalue weighted by molar-refractivity contribution is 5.96. The van der Waals surface area contributed by atoms with Crippen LogP contribution in [0, 0.1) is 5.82 Å². The van der Waals surface area contributed by atoms with Crippen LogP contribution < -0.4 is 10.1 Å². The first-order valence-electron chi connectivity index (χ1n) is 8.53. The third-order valence-electron chi connectivity index (χ3n) is 4.12. The maximum atomic E-state index is 14.9. The van der Waals surface area contributed by atoms with Crippen molar-refractivity contribution >= 4 is 11.9 Å². The van der Waals surface area contributed by atoms with Gasteiger partial charge in [0.2, 0.25) is 0 Å². The molecule has 1 fully saturated rings. The number of aliphatic hydroxyl groups excluding tert-OH is 1. The maximum absolute atomic E-state index is 14.9. The van der Waals surface area contributed by atoms with Gasteiger partial charge in [-0.3, -0.25) is 4.79 Å². The molecule has 1 amide bonds. The third-order valence-corrected chi connectivity index (χ3v) is 4.12. The van der Waals surface area contributed by atoms with Crippen molar-refractivity contribution in [3.8, 4) is 5.75 Å². The molecule has 1 saturated carbocycles. The van der Waals surface area contributed by atoms with Crippen molar-refractivity contribution in [3.05, 3.63) is 29.6 Å². The van der Waals surface area contributed by atoms with Gasteiger partial charge >= 0.3 is 12.5 Å². The SMILES string of the molecule is CC(C)(C)OC(=O)N[C@]1(c2cccc(OC(F)(F)F)c2F)CCC[C@H](O)C1=O. The van der Waals surface area contributed by atoms with Crippen LogP contribution in [-0.4, -0.2) is 35.1 Å². The van der Waals surface area contributed by atoms with Gasteiger partial charge in [-0.25, -0.2) is 9.18 Å². The summed E-state index contributed by atoms with van der Waals surface area (Å²) in [5.74, 6) is -3.55. The predicted octanol–water partition coefficient (Wildman–Crippen LogP) is 3.56. The van der Waals surface area contributed by atoms with Gasteiger partial charge in [-0.2, -0.15) is 0 Å². The zero-order valence-corrected chi connectivity index (χ0v) is 15.5. The largest absolute Gasteiger partial charge is 0.573 e. The lowest BCUT2D eigenvalue weighted by atomic mass is 9.74. The molecule has 156 valence electrons. The summed E-state index contributed by atoms with van der Waals surface area (Å²) in [4.78, 5) is 25.0. The fourth-order valence-electron chi connectivity index (χ4n) is 3.08. The van der Waals surface area contributed by atoms with Crippen molar-refractivity contribution in [1.29, 1.82) is 0 Å². The predicted molar refractivity (Wildman–Crippen MR) is 89.0 cm³/mol. The molecule has 0 unspecified atom stereocenters. The number of aliphatic hydroxyl groups is 1. The van der Waals surface area contributed by atoms with Crippen LogP contribution in [-0.2, 0) is 15.1 Å². The van der Waals surface area contributed by atoms with Gasteiger partial charge in [0.1, 0.15) is 17.2 Å². The molecular formula is C18H21F4NO5. The topological polar surface area (TPSA) is 84.9 Å². The number of nitrogens with one attached hydrogen (secondary N) is 1.